The Bertz CT molecular complexity index is 948. The standard InChI is InChI=1S/C21H25N3OS2.ClH/c1-15-8-10-18-20(16(15)2)22-21(27-18)24(13-6-12-23(3)4)19(25)11-9-17-7-5-14-26-17;/h5,7-11,14H,6,12-13H2,1-4H3;1H. The second-order valence-electron chi connectivity index (χ2n) is 6.85. The van der Waals surface area contributed by atoms with Crippen molar-refractivity contribution in [2.75, 3.05) is 32.1 Å². The summed E-state index contributed by atoms with van der Waals surface area (Å²) in [5, 5.41) is 2.79. The Hall–Kier alpha value is -1.73. The number of thiazole rings is 1. The van der Waals surface area contributed by atoms with Crippen LogP contribution < -0.4 is 4.90 Å². The van der Waals surface area contributed by atoms with E-state index in [1.54, 1.807) is 28.7 Å². The third-order valence-corrected chi connectivity index (χ3v) is 6.37. The molecular formula is C21H26ClN3OS2. The van der Waals surface area contributed by atoms with Gasteiger partial charge in [0.1, 0.15) is 0 Å². The Morgan fingerprint density at radius 3 is 2.64 bits per heavy atom. The highest BCUT2D eigenvalue weighted by Gasteiger charge is 2.18. The number of hydrogen-bond donors (Lipinski definition) is 0. The molecule has 3 rings (SSSR count). The maximum Gasteiger partial charge on any atom is 0.252 e. The van der Waals surface area contributed by atoms with Crippen molar-refractivity contribution in [3.05, 3.63) is 51.7 Å². The lowest BCUT2D eigenvalue weighted by Crippen LogP contribution is -2.32. The summed E-state index contributed by atoms with van der Waals surface area (Å²) in [6.07, 6.45) is 4.44. The van der Waals surface area contributed by atoms with E-state index in [1.165, 1.54) is 11.1 Å². The number of aryl methyl sites for hydroxylation is 2. The Labute approximate surface area is 180 Å². The summed E-state index contributed by atoms with van der Waals surface area (Å²) in [6.45, 7) is 5.78. The summed E-state index contributed by atoms with van der Waals surface area (Å²) in [7, 11) is 4.10. The van der Waals surface area contributed by atoms with Gasteiger partial charge in [-0.25, -0.2) is 4.98 Å². The molecule has 3 aromatic rings. The summed E-state index contributed by atoms with van der Waals surface area (Å²) >= 11 is 3.21. The van der Waals surface area contributed by atoms with Crippen LogP contribution in [0, 0.1) is 13.8 Å². The minimum Gasteiger partial charge on any atom is -0.309 e. The molecule has 0 N–H and O–H groups in total. The first kappa shape index (κ1) is 22.6. The molecule has 0 saturated carbocycles. The zero-order valence-electron chi connectivity index (χ0n) is 16.6. The molecule has 0 fully saturated rings. The van der Waals surface area contributed by atoms with Gasteiger partial charge in [0, 0.05) is 17.5 Å². The summed E-state index contributed by atoms with van der Waals surface area (Å²) < 4.78 is 1.13. The molecule has 0 aliphatic rings. The van der Waals surface area contributed by atoms with E-state index in [0.29, 0.717) is 6.54 Å². The number of benzene rings is 1. The minimum atomic E-state index is -0.0180. The predicted molar refractivity (Wildman–Crippen MR) is 125 cm³/mol. The Balaban J connectivity index is 0.00000280. The van der Waals surface area contributed by atoms with Crippen molar-refractivity contribution in [1.29, 1.82) is 0 Å². The van der Waals surface area contributed by atoms with Crippen LogP contribution in [-0.4, -0.2) is 43.0 Å². The number of carbonyl (C=O) groups excluding carboxylic acids is 1. The van der Waals surface area contributed by atoms with E-state index >= 15 is 0 Å². The third-order valence-electron chi connectivity index (χ3n) is 4.49. The zero-order chi connectivity index (χ0) is 19.4. The average Bonchev–Trinajstić information content (AvgIpc) is 3.29. The summed E-state index contributed by atoms with van der Waals surface area (Å²) in [5.74, 6) is -0.0180. The molecule has 0 spiro atoms. The van der Waals surface area contributed by atoms with E-state index < -0.39 is 0 Å². The molecule has 1 amide bonds. The first-order valence-corrected chi connectivity index (χ1v) is 10.7. The van der Waals surface area contributed by atoms with Gasteiger partial charge in [0.2, 0.25) is 0 Å². The van der Waals surface area contributed by atoms with Crippen molar-refractivity contribution in [2.24, 2.45) is 0 Å². The number of rotatable bonds is 7. The molecule has 2 heterocycles. The van der Waals surface area contributed by atoms with Crippen LogP contribution in [0.2, 0.25) is 0 Å². The number of halogens is 1. The molecule has 4 nitrogen and oxygen atoms in total. The summed E-state index contributed by atoms with van der Waals surface area (Å²) in [6, 6.07) is 8.22. The quantitative estimate of drug-likeness (QED) is 0.466. The normalized spacial score (nSPS) is 11.3. The van der Waals surface area contributed by atoms with E-state index in [2.05, 4.69) is 30.9 Å². The fourth-order valence-corrected chi connectivity index (χ4v) is 4.48. The molecule has 28 heavy (non-hydrogen) atoms. The van der Waals surface area contributed by atoms with Crippen LogP contribution in [0.3, 0.4) is 0 Å². The lowest BCUT2D eigenvalue weighted by molar-refractivity contribution is -0.114. The largest absolute Gasteiger partial charge is 0.309 e. The molecule has 0 bridgehead atoms. The molecule has 0 aliphatic carbocycles. The second-order valence-corrected chi connectivity index (χ2v) is 8.83. The highest BCUT2D eigenvalue weighted by molar-refractivity contribution is 7.22. The lowest BCUT2D eigenvalue weighted by atomic mass is 10.1. The van der Waals surface area contributed by atoms with Crippen LogP contribution in [0.25, 0.3) is 16.3 Å². The van der Waals surface area contributed by atoms with E-state index in [4.69, 9.17) is 4.98 Å². The maximum atomic E-state index is 12.9. The maximum absolute atomic E-state index is 12.9. The molecule has 0 atom stereocenters. The van der Waals surface area contributed by atoms with Crippen molar-refractivity contribution in [3.63, 3.8) is 0 Å². The highest BCUT2D eigenvalue weighted by Crippen LogP contribution is 2.32. The van der Waals surface area contributed by atoms with Gasteiger partial charge in [0.05, 0.1) is 10.2 Å². The van der Waals surface area contributed by atoms with Gasteiger partial charge < -0.3 is 4.90 Å². The average molecular weight is 436 g/mol. The van der Waals surface area contributed by atoms with Gasteiger partial charge in [-0.05, 0) is 75.6 Å². The first-order chi connectivity index (χ1) is 13.0. The monoisotopic (exact) mass is 435 g/mol. The molecule has 7 heteroatoms. The highest BCUT2D eigenvalue weighted by atomic mass is 35.5. The topological polar surface area (TPSA) is 36.4 Å². The number of hydrogen-bond acceptors (Lipinski definition) is 5. The molecule has 0 unspecified atom stereocenters. The molecule has 150 valence electrons. The number of fused-ring (bicyclic) bond motifs is 1. The van der Waals surface area contributed by atoms with E-state index in [1.807, 2.05) is 42.6 Å². The molecule has 0 saturated heterocycles. The first-order valence-electron chi connectivity index (χ1n) is 9.00. The number of anilines is 1. The van der Waals surface area contributed by atoms with Gasteiger partial charge >= 0.3 is 0 Å². The number of aromatic nitrogens is 1. The number of amides is 1. The van der Waals surface area contributed by atoms with Gasteiger partial charge in [0.25, 0.3) is 5.91 Å². The number of thiophene rings is 1. The SMILES string of the molecule is Cc1ccc2sc(N(CCCN(C)C)C(=O)C=Cc3cccs3)nc2c1C.Cl. The molecule has 0 aliphatic heterocycles. The zero-order valence-corrected chi connectivity index (χ0v) is 19.1. The smallest absolute Gasteiger partial charge is 0.252 e. The van der Waals surface area contributed by atoms with Crippen molar-refractivity contribution in [2.45, 2.75) is 20.3 Å². The number of carbonyl (C=O) groups is 1. The van der Waals surface area contributed by atoms with Crippen molar-refractivity contribution < 1.29 is 4.79 Å². The van der Waals surface area contributed by atoms with Crippen molar-refractivity contribution in [3.8, 4) is 0 Å². The minimum absolute atomic E-state index is 0. The summed E-state index contributed by atoms with van der Waals surface area (Å²) in [4.78, 5) is 22.8. The van der Waals surface area contributed by atoms with Gasteiger partial charge in [-0.3, -0.25) is 9.69 Å². The Morgan fingerprint density at radius 1 is 1.18 bits per heavy atom. The van der Waals surface area contributed by atoms with Crippen LogP contribution in [0.5, 0.6) is 0 Å². The second kappa shape index (κ2) is 10.2. The Morgan fingerprint density at radius 2 is 1.96 bits per heavy atom. The van der Waals surface area contributed by atoms with Gasteiger partial charge in [-0.1, -0.05) is 23.5 Å². The fraction of sp³-hybridized carbons (Fsp3) is 0.333. The molecule has 2 aromatic heterocycles. The summed E-state index contributed by atoms with van der Waals surface area (Å²) in [5.41, 5.74) is 3.41. The lowest BCUT2D eigenvalue weighted by Gasteiger charge is -2.19. The van der Waals surface area contributed by atoms with Crippen LogP contribution in [0.15, 0.2) is 35.7 Å². The third kappa shape index (κ3) is 5.41. The fourth-order valence-electron chi connectivity index (χ4n) is 2.80. The molecule has 1 aromatic carbocycles. The molecule has 0 radical (unpaired) electrons. The van der Waals surface area contributed by atoms with Crippen molar-refractivity contribution >= 4 is 62.4 Å². The van der Waals surface area contributed by atoms with Crippen molar-refractivity contribution in [1.82, 2.24) is 9.88 Å². The van der Waals surface area contributed by atoms with Gasteiger partial charge in [-0.2, -0.15) is 0 Å². The predicted octanol–water partition coefficient (Wildman–Crippen LogP) is 5.39. The van der Waals surface area contributed by atoms with Crippen LogP contribution in [0.4, 0.5) is 5.13 Å². The van der Waals surface area contributed by atoms with Crippen LogP contribution >= 0.6 is 35.1 Å². The van der Waals surface area contributed by atoms with Crippen LogP contribution in [-0.2, 0) is 4.79 Å². The van der Waals surface area contributed by atoms with Gasteiger partial charge in [0.15, 0.2) is 5.13 Å². The van der Waals surface area contributed by atoms with E-state index in [-0.39, 0.29) is 18.3 Å². The van der Waals surface area contributed by atoms with E-state index in [0.717, 1.165) is 33.2 Å². The molecular weight excluding hydrogens is 410 g/mol. The van der Waals surface area contributed by atoms with E-state index in [9.17, 15) is 4.79 Å². The van der Waals surface area contributed by atoms with Gasteiger partial charge in [-0.15, -0.1) is 23.7 Å². The number of nitrogens with zero attached hydrogens (tertiary/aromatic N) is 3. The Kier molecular flexibility index (Phi) is 8.19. The van der Waals surface area contributed by atoms with Crippen LogP contribution in [0.1, 0.15) is 22.4 Å².